The normalized spacial score (nSPS) is 10.9. The molecule has 0 atom stereocenters. The number of carbonyl (C=O) groups is 1. The molecule has 2 aromatic carbocycles. The summed E-state index contributed by atoms with van der Waals surface area (Å²) in [5.41, 5.74) is 6.06. The molecule has 0 aliphatic carbocycles. The van der Waals surface area contributed by atoms with Crippen LogP contribution in [-0.2, 0) is 0 Å². The lowest BCUT2D eigenvalue weighted by atomic mass is 10.0. The highest BCUT2D eigenvalue weighted by atomic mass is 32.2. The standard InChI is InChI=1S/C19H20N4OS/c1-12-6-8-16(15(4)9-12)18(24)11-25-19-20-21-22-23(19)17-10-13(2)5-7-14(17)3/h5-10H,11H2,1-4H3. The quantitative estimate of drug-likeness (QED) is 0.515. The zero-order chi connectivity index (χ0) is 18.0. The van der Waals surface area contributed by atoms with Crippen LogP contribution in [0.4, 0.5) is 0 Å². The molecule has 0 N–H and O–H groups in total. The number of rotatable bonds is 5. The van der Waals surface area contributed by atoms with Gasteiger partial charge < -0.3 is 0 Å². The molecule has 0 saturated heterocycles. The molecule has 3 rings (SSSR count). The van der Waals surface area contributed by atoms with Gasteiger partial charge in [0.25, 0.3) is 0 Å². The summed E-state index contributed by atoms with van der Waals surface area (Å²) in [7, 11) is 0. The lowest BCUT2D eigenvalue weighted by molar-refractivity contribution is 0.102. The molecule has 0 fully saturated rings. The van der Waals surface area contributed by atoms with Crippen LogP contribution in [0.2, 0.25) is 0 Å². The second-order valence-electron chi connectivity index (χ2n) is 6.19. The van der Waals surface area contributed by atoms with E-state index >= 15 is 0 Å². The molecule has 0 saturated carbocycles. The number of benzene rings is 2. The number of thioether (sulfide) groups is 1. The summed E-state index contributed by atoms with van der Waals surface area (Å²) in [6.45, 7) is 8.04. The van der Waals surface area contributed by atoms with Gasteiger partial charge in [0.2, 0.25) is 5.16 Å². The van der Waals surface area contributed by atoms with E-state index in [0.29, 0.717) is 10.9 Å². The molecule has 0 bridgehead atoms. The van der Waals surface area contributed by atoms with Crippen LogP contribution in [0.1, 0.15) is 32.6 Å². The molecular weight excluding hydrogens is 332 g/mol. The second kappa shape index (κ2) is 7.19. The fourth-order valence-corrected chi connectivity index (χ4v) is 3.47. The Hall–Kier alpha value is -2.47. The van der Waals surface area contributed by atoms with Crippen molar-refractivity contribution in [2.45, 2.75) is 32.9 Å². The van der Waals surface area contributed by atoms with Crippen LogP contribution in [-0.4, -0.2) is 31.7 Å². The van der Waals surface area contributed by atoms with Crippen LogP contribution in [0.3, 0.4) is 0 Å². The van der Waals surface area contributed by atoms with E-state index < -0.39 is 0 Å². The number of Topliss-reactive ketones (excluding diaryl/α,β-unsaturated/α-hetero) is 1. The maximum atomic E-state index is 12.5. The van der Waals surface area contributed by atoms with E-state index in [1.165, 1.54) is 11.8 Å². The van der Waals surface area contributed by atoms with Gasteiger partial charge in [-0.05, 0) is 60.9 Å². The summed E-state index contributed by atoms with van der Waals surface area (Å²) in [5, 5.41) is 12.6. The smallest absolute Gasteiger partial charge is 0.214 e. The molecule has 0 spiro atoms. The SMILES string of the molecule is Cc1ccc(C(=O)CSc2nnnn2-c2cc(C)ccc2C)c(C)c1. The Kier molecular flexibility index (Phi) is 4.99. The fourth-order valence-electron chi connectivity index (χ4n) is 2.70. The number of carbonyl (C=O) groups excluding carboxylic acids is 1. The Morgan fingerprint density at radius 3 is 2.48 bits per heavy atom. The topological polar surface area (TPSA) is 60.7 Å². The zero-order valence-corrected chi connectivity index (χ0v) is 15.6. The third kappa shape index (κ3) is 3.79. The number of aryl methyl sites for hydroxylation is 4. The van der Waals surface area contributed by atoms with E-state index in [4.69, 9.17) is 0 Å². The number of nitrogens with zero attached hydrogens (tertiary/aromatic N) is 4. The Labute approximate surface area is 151 Å². The van der Waals surface area contributed by atoms with Crippen LogP contribution in [0.25, 0.3) is 5.69 Å². The molecule has 25 heavy (non-hydrogen) atoms. The number of aromatic nitrogens is 4. The molecule has 1 aromatic heterocycles. The Morgan fingerprint density at radius 1 is 1.00 bits per heavy atom. The maximum absolute atomic E-state index is 12.5. The van der Waals surface area contributed by atoms with E-state index in [0.717, 1.165) is 33.5 Å². The predicted octanol–water partition coefficient (Wildman–Crippen LogP) is 3.87. The lowest BCUT2D eigenvalue weighted by Gasteiger charge is -2.09. The highest BCUT2D eigenvalue weighted by Crippen LogP contribution is 2.23. The van der Waals surface area contributed by atoms with Crippen LogP contribution in [0, 0.1) is 27.7 Å². The van der Waals surface area contributed by atoms with Crippen molar-refractivity contribution in [1.82, 2.24) is 20.2 Å². The highest BCUT2D eigenvalue weighted by Gasteiger charge is 2.15. The first-order valence-electron chi connectivity index (χ1n) is 8.05. The maximum Gasteiger partial charge on any atom is 0.214 e. The monoisotopic (exact) mass is 352 g/mol. The molecule has 128 valence electrons. The van der Waals surface area contributed by atoms with Gasteiger partial charge in [0.15, 0.2) is 5.78 Å². The number of hydrogen-bond acceptors (Lipinski definition) is 5. The average Bonchev–Trinajstić information content (AvgIpc) is 3.03. The van der Waals surface area contributed by atoms with Gasteiger partial charge in [-0.15, -0.1) is 5.10 Å². The minimum absolute atomic E-state index is 0.0815. The van der Waals surface area contributed by atoms with Gasteiger partial charge in [-0.3, -0.25) is 4.79 Å². The molecule has 5 nitrogen and oxygen atoms in total. The third-order valence-corrected chi connectivity index (χ3v) is 4.97. The fraction of sp³-hybridized carbons (Fsp3) is 0.263. The van der Waals surface area contributed by atoms with Crippen molar-refractivity contribution in [2.75, 3.05) is 5.75 Å². The van der Waals surface area contributed by atoms with Gasteiger partial charge in [-0.2, -0.15) is 4.68 Å². The van der Waals surface area contributed by atoms with Crippen LogP contribution >= 0.6 is 11.8 Å². The zero-order valence-electron chi connectivity index (χ0n) is 14.8. The Morgan fingerprint density at radius 2 is 1.72 bits per heavy atom. The van der Waals surface area contributed by atoms with Crippen molar-refractivity contribution < 1.29 is 4.79 Å². The minimum Gasteiger partial charge on any atom is -0.293 e. The molecule has 0 aliphatic heterocycles. The molecular formula is C19H20N4OS. The average molecular weight is 352 g/mol. The van der Waals surface area contributed by atoms with Crippen LogP contribution in [0.15, 0.2) is 41.6 Å². The summed E-state index contributed by atoms with van der Waals surface area (Å²) in [4.78, 5) is 12.5. The molecule has 0 unspecified atom stereocenters. The summed E-state index contributed by atoms with van der Waals surface area (Å²) in [6.07, 6.45) is 0. The van der Waals surface area contributed by atoms with Gasteiger partial charge in [0.1, 0.15) is 0 Å². The van der Waals surface area contributed by atoms with E-state index in [1.807, 2.05) is 58.0 Å². The van der Waals surface area contributed by atoms with Crippen molar-refractivity contribution in [3.8, 4) is 5.69 Å². The molecule has 6 heteroatoms. The first-order chi connectivity index (χ1) is 12.0. The first kappa shape index (κ1) is 17.4. The number of tetrazole rings is 1. The molecule has 3 aromatic rings. The van der Waals surface area contributed by atoms with E-state index in [9.17, 15) is 4.79 Å². The lowest BCUT2D eigenvalue weighted by Crippen LogP contribution is -2.07. The van der Waals surface area contributed by atoms with Crippen molar-refractivity contribution in [1.29, 1.82) is 0 Å². The minimum atomic E-state index is 0.0815. The summed E-state index contributed by atoms with van der Waals surface area (Å²) in [6, 6.07) is 12.0. The van der Waals surface area contributed by atoms with E-state index in [1.54, 1.807) is 4.68 Å². The van der Waals surface area contributed by atoms with Crippen LogP contribution in [0.5, 0.6) is 0 Å². The van der Waals surface area contributed by atoms with Gasteiger partial charge in [0, 0.05) is 5.56 Å². The summed E-state index contributed by atoms with van der Waals surface area (Å²) in [5.74, 6) is 0.382. The van der Waals surface area contributed by atoms with Crippen molar-refractivity contribution in [3.63, 3.8) is 0 Å². The predicted molar refractivity (Wildman–Crippen MR) is 99.6 cm³/mol. The van der Waals surface area contributed by atoms with Crippen LogP contribution < -0.4 is 0 Å². The molecule has 0 radical (unpaired) electrons. The van der Waals surface area contributed by atoms with Crippen molar-refractivity contribution in [2.24, 2.45) is 0 Å². The highest BCUT2D eigenvalue weighted by molar-refractivity contribution is 7.99. The molecule has 0 amide bonds. The number of ketones is 1. The van der Waals surface area contributed by atoms with Gasteiger partial charge in [-0.1, -0.05) is 47.7 Å². The molecule has 1 heterocycles. The van der Waals surface area contributed by atoms with E-state index in [2.05, 4.69) is 21.6 Å². The van der Waals surface area contributed by atoms with E-state index in [-0.39, 0.29) is 5.78 Å². The largest absolute Gasteiger partial charge is 0.293 e. The second-order valence-corrected chi connectivity index (χ2v) is 7.14. The van der Waals surface area contributed by atoms with Crippen molar-refractivity contribution in [3.05, 3.63) is 64.2 Å². The van der Waals surface area contributed by atoms with Crippen molar-refractivity contribution >= 4 is 17.5 Å². The Balaban J connectivity index is 1.80. The van der Waals surface area contributed by atoms with Gasteiger partial charge in [0.05, 0.1) is 11.4 Å². The third-order valence-electron chi connectivity index (χ3n) is 4.05. The van der Waals surface area contributed by atoms with Gasteiger partial charge in [-0.25, -0.2) is 0 Å². The number of hydrogen-bond donors (Lipinski definition) is 0. The molecule has 0 aliphatic rings. The first-order valence-corrected chi connectivity index (χ1v) is 9.03. The summed E-state index contributed by atoms with van der Waals surface area (Å²) < 4.78 is 1.70. The summed E-state index contributed by atoms with van der Waals surface area (Å²) >= 11 is 1.36. The van der Waals surface area contributed by atoms with Gasteiger partial charge >= 0.3 is 0 Å². The Bertz CT molecular complexity index is 933.